The van der Waals surface area contributed by atoms with E-state index in [0.717, 1.165) is 0 Å². The fraction of sp³-hybridized carbons (Fsp3) is 0.417. The number of halogens is 2. The third kappa shape index (κ3) is 3.81. The Hall–Kier alpha value is -1.33. The second-order valence-electron chi connectivity index (χ2n) is 4.20. The molecule has 0 bridgehead atoms. The maximum Gasteiger partial charge on any atom is 0.283 e. The fourth-order valence-corrected chi connectivity index (χ4v) is 2.03. The number of nitro benzene ring substituents is 1. The van der Waals surface area contributed by atoms with Crippen LogP contribution in [0.1, 0.15) is 24.2 Å². The van der Waals surface area contributed by atoms with Crippen molar-refractivity contribution in [3.63, 3.8) is 0 Å². The van der Waals surface area contributed by atoms with Crippen LogP contribution in [0, 0.1) is 10.1 Å². The van der Waals surface area contributed by atoms with Crippen molar-refractivity contribution in [2.75, 3.05) is 12.4 Å². The minimum Gasteiger partial charge on any atom is -0.335 e. The van der Waals surface area contributed by atoms with E-state index in [-0.39, 0.29) is 28.2 Å². The zero-order valence-electron chi connectivity index (χ0n) is 10.6. The quantitative estimate of drug-likeness (QED) is 0.476. The van der Waals surface area contributed by atoms with Crippen molar-refractivity contribution >= 4 is 34.8 Å². The third-order valence-corrected chi connectivity index (χ3v) is 3.00. The Morgan fingerprint density at radius 3 is 2.58 bits per heavy atom. The van der Waals surface area contributed by atoms with Crippen molar-refractivity contribution in [2.45, 2.75) is 19.9 Å². The molecule has 0 spiro atoms. The van der Waals surface area contributed by atoms with Gasteiger partial charge in [-0.15, -0.1) is 11.6 Å². The first-order chi connectivity index (χ1) is 8.88. The van der Waals surface area contributed by atoms with Crippen molar-refractivity contribution in [3.05, 3.63) is 38.9 Å². The molecule has 0 atom stereocenters. The van der Waals surface area contributed by atoms with Gasteiger partial charge in [0.05, 0.1) is 4.92 Å². The molecule has 0 radical (unpaired) electrons. The standard InChI is InChI=1S/C12H14Cl2N2O3/c1-8(2)15(6-5-13)12(17)10-4-3-9(14)7-11(10)16(18)19/h3-4,7-8H,5-6H2,1-2H3. The number of rotatable bonds is 5. The lowest BCUT2D eigenvalue weighted by Crippen LogP contribution is -2.38. The fourth-order valence-electron chi connectivity index (χ4n) is 1.68. The molecule has 5 nitrogen and oxygen atoms in total. The Morgan fingerprint density at radius 2 is 2.11 bits per heavy atom. The SMILES string of the molecule is CC(C)N(CCCl)C(=O)c1ccc(Cl)cc1[N+](=O)[O-]. The summed E-state index contributed by atoms with van der Waals surface area (Å²) >= 11 is 11.4. The molecule has 1 aromatic rings. The summed E-state index contributed by atoms with van der Waals surface area (Å²) < 4.78 is 0. The topological polar surface area (TPSA) is 63.5 Å². The van der Waals surface area contributed by atoms with E-state index in [1.807, 2.05) is 13.8 Å². The molecule has 7 heteroatoms. The Morgan fingerprint density at radius 1 is 1.47 bits per heavy atom. The average Bonchev–Trinajstić information content (AvgIpc) is 2.34. The van der Waals surface area contributed by atoms with Gasteiger partial charge in [0, 0.05) is 29.6 Å². The summed E-state index contributed by atoms with van der Waals surface area (Å²) in [6.07, 6.45) is 0. The maximum atomic E-state index is 12.3. The van der Waals surface area contributed by atoms with Crippen LogP contribution in [-0.2, 0) is 0 Å². The van der Waals surface area contributed by atoms with E-state index >= 15 is 0 Å². The molecular weight excluding hydrogens is 291 g/mol. The average molecular weight is 305 g/mol. The molecule has 1 amide bonds. The monoisotopic (exact) mass is 304 g/mol. The van der Waals surface area contributed by atoms with Gasteiger partial charge >= 0.3 is 0 Å². The maximum absolute atomic E-state index is 12.3. The van der Waals surface area contributed by atoms with E-state index < -0.39 is 10.8 Å². The second-order valence-corrected chi connectivity index (χ2v) is 5.01. The van der Waals surface area contributed by atoms with E-state index in [2.05, 4.69) is 0 Å². The minimum absolute atomic E-state index is 0.0215. The normalized spacial score (nSPS) is 10.6. The number of carbonyl (C=O) groups excluding carboxylic acids is 1. The van der Waals surface area contributed by atoms with Gasteiger partial charge in [0.15, 0.2) is 0 Å². The number of hydrogen-bond acceptors (Lipinski definition) is 3. The van der Waals surface area contributed by atoms with Crippen LogP contribution in [0.4, 0.5) is 5.69 Å². The first-order valence-corrected chi connectivity index (χ1v) is 6.60. The lowest BCUT2D eigenvalue weighted by atomic mass is 10.1. The van der Waals surface area contributed by atoms with E-state index in [0.29, 0.717) is 6.54 Å². The zero-order chi connectivity index (χ0) is 14.6. The van der Waals surface area contributed by atoms with Gasteiger partial charge in [0.25, 0.3) is 11.6 Å². The molecule has 19 heavy (non-hydrogen) atoms. The van der Waals surface area contributed by atoms with Gasteiger partial charge in [-0.05, 0) is 26.0 Å². The van der Waals surface area contributed by atoms with Crippen LogP contribution in [0.15, 0.2) is 18.2 Å². The minimum atomic E-state index is -0.613. The van der Waals surface area contributed by atoms with Crippen molar-refractivity contribution < 1.29 is 9.72 Å². The molecular formula is C12H14Cl2N2O3. The summed E-state index contributed by atoms with van der Waals surface area (Å²) in [5.41, 5.74) is -0.272. The molecule has 0 aromatic heterocycles. The van der Waals surface area contributed by atoms with Gasteiger partial charge in [0.1, 0.15) is 5.56 Å². The Kier molecular flexibility index (Phi) is 5.57. The summed E-state index contributed by atoms with van der Waals surface area (Å²) in [6.45, 7) is 3.98. The highest BCUT2D eigenvalue weighted by molar-refractivity contribution is 6.31. The zero-order valence-corrected chi connectivity index (χ0v) is 12.1. The summed E-state index contributed by atoms with van der Waals surface area (Å²) in [5.74, 6) is -0.148. The first kappa shape index (κ1) is 15.7. The van der Waals surface area contributed by atoms with Gasteiger partial charge < -0.3 is 4.90 Å². The molecule has 0 saturated carbocycles. The van der Waals surface area contributed by atoms with Gasteiger partial charge in [-0.3, -0.25) is 14.9 Å². The number of nitrogens with zero attached hydrogens (tertiary/aromatic N) is 2. The van der Waals surface area contributed by atoms with Gasteiger partial charge in [-0.2, -0.15) is 0 Å². The van der Waals surface area contributed by atoms with Crippen molar-refractivity contribution in [3.8, 4) is 0 Å². The largest absolute Gasteiger partial charge is 0.335 e. The van der Waals surface area contributed by atoms with E-state index in [1.165, 1.54) is 23.1 Å². The molecule has 1 rings (SSSR count). The lowest BCUT2D eigenvalue weighted by molar-refractivity contribution is -0.385. The van der Waals surface area contributed by atoms with Crippen LogP contribution in [0.3, 0.4) is 0 Å². The number of nitro groups is 1. The summed E-state index contributed by atoms with van der Waals surface area (Å²) in [7, 11) is 0. The summed E-state index contributed by atoms with van der Waals surface area (Å²) in [6, 6.07) is 3.91. The third-order valence-electron chi connectivity index (χ3n) is 2.60. The highest BCUT2D eigenvalue weighted by atomic mass is 35.5. The van der Waals surface area contributed by atoms with Crippen molar-refractivity contribution in [1.29, 1.82) is 0 Å². The highest BCUT2D eigenvalue weighted by Crippen LogP contribution is 2.25. The smallest absolute Gasteiger partial charge is 0.283 e. The van der Waals surface area contributed by atoms with Crippen molar-refractivity contribution in [2.24, 2.45) is 0 Å². The Bertz CT molecular complexity index is 492. The molecule has 1 aromatic carbocycles. The molecule has 0 fully saturated rings. The van der Waals surface area contributed by atoms with Crippen LogP contribution >= 0.6 is 23.2 Å². The molecule has 0 aliphatic heterocycles. The predicted octanol–water partition coefficient (Wildman–Crippen LogP) is 3.34. The van der Waals surface area contributed by atoms with Crippen LogP contribution in [0.2, 0.25) is 5.02 Å². The number of benzene rings is 1. The number of carbonyl (C=O) groups is 1. The number of hydrogen-bond donors (Lipinski definition) is 0. The van der Waals surface area contributed by atoms with Gasteiger partial charge in [-0.25, -0.2) is 0 Å². The first-order valence-electron chi connectivity index (χ1n) is 5.69. The van der Waals surface area contributed by atoms with Crippen LogP contribution < -0.4 is 0 Å². The van der Waals surface area contributed by atoms with Crippen LogP contribution in [-0.4, -0.2) is 34.2 Å². The second kappa shape index (κ2) is 6.73. The van der Waals surface area contributed by atoms with Gasteiger partial charge in [0.2, 0.25) is 0 Å². The van der Waals surface area contributed by atoms with Gasteiger partial charge in [-0.1, -0.05) is 11.6 Å². The lowest BCUT2D eigenvalue weighted by Gasteiger charge is -2.25. The summed E-state index contributed by atoms with van der Waals surface area (Å²) in [5, 5.41) is 11.2. The number of alkyl halides is 1. The summed E-state index contributed by atoms with van der Waals surface area (Å²) in [4.78, 5) is 24.2. The van der Waals surface area contributed by atoms with Crippen LogP contribution in [0.5, 0.6) is 0 Å². The molecule has 0 aliphatic carbocycles. The molecule has 104 valence electrons. The Balaban J connectivity index is 3.21. The van der Waals surface area contributed by atoms with Crippen LogP contribution in [0.25, 0.3) is 0 Å². The molecule has 0 N–H and O–H groups in total. The predicted molar refractivity (Wildman–Crippen MR) is 75.0 cm³/mol. The van der Waals surface area contributed by atoms with E-state index in [4.69, 9.17) is 23.2 Å². The van der Waals surface area contributed by atoms with Crippen molar-refractivity contribution in [1.82, 2.24) is 4.90 Å². The molecule has 0 unspecified atom stereocenters. The number of amides is 1. The van der Waals surface area contributed by atoms with E-state index in [1.54, 1.807) is 0 Å². The van der Waals surface area contributed by atoms with E-state index in [9.17, 15) is 14.9 Å². The Labute approximate surface area is 121 Å². The molecule has 0 saturated heterocycles. The molecule has 0 aliphatic rings. The highest BCUT2D eigenvalue weighted by Gasteiger charge is 2.26. The molecule has 0 heterocycles.